The number of benzene rings is 3. The van der Waals surface area contributed by atoms with E-state index >= 15 is 0 Å². The van der Waals surface area contributed by atoms with Crippen LogP contribution in [0.1, 0.15) is 32.6 Å². The van der Waals surface area contributed by atoms with Crippen LogP contribution in [0.15, 0.2) is 72.8 Å². The molecule has 0 saturated heterocycles. The molecule has 0 amide bonds. The number of hydrogen-bond acceptors (Lipinski definition) is 4. The number of amidine groups is 1. The maximum Gasteiger partial charge on any atom is 0.196 e. The Kier molecular flexibility index (Phi) is 10.1. The van der Waals surface area contributed by atoms with Crippen LogP contribution in [0.2, 0.25) is 0 Å². The topological polar surface area (TPSA) is 88.2 Å². The Morgan fingerprint density at radius 1 is 0.933 bits per heavy atom. The average molecular weight is 446 g/mol. The molecule has 7 heteroatoms. The molecule has 0 aromatic heterocycles. The molecule has 30 heavy (non-hydrogen) atoms. The van der Waals surface area contributed by atoms with Crippen LogP contribution in [0, 0.1) is 5.41 Å². The van der Waals surface area contributed by atoms with Crippen molar-refractivity contribution in [1.82, 2.24) is 5.32 Å². The lowest BCUT2D eigenvalue weighted by Crippen LogP contribution is -2.18. The van der Waals surface area contributed by atoms with Crippen LogP contribution >= 0.6 is 24.8 Å². The van der Waals surface area contributed by atoms with Gasteiger partial charge in [-0.25, -0.2) is 0 Å². The van der Waals surface area contributed by atoms with Crippen LogP contribution in [0.25, 0.3) is 0 Å². The lowest BCUT2D eigenvalue weighted by molar-refractivity contribution is 0.103. The molecule has 0 unspecified atom stereocenters. The molecule has 0 spiro atoms. The third kappa shape index (κ3) is 6.07. The van der Waals surface area contributed by atoms with E-state index in [-0.39, 0.29) is 36.4 Å². The molecule has 0 bridgehead atoms. The van der Waals surface area contributed by atoms with Crippen LogP contribution in [0.5, 0.6) is 5.75 Å². The van der Waals surface area contributed by atoms with Crippen molar-refractivity contribution >= 4 is 36.4 Å². The van der Waals surface area contributed by atoms with Crippen molar-refractivity contribution in [3.63, 3.8) is 0 Å². The molecule has 5 nitrogen and oxygen atoms in total. The van der Waals surface area contributed by atoms with Crippen molar-refractivity contribution < 1.29 is 9.53 Å². The highest BCUT2D eigenvalue weighted by atomic mass is 35.5. The lowest BCUT2D eigenvalue weighted by Gasteiger charge is -2.13. The van der Waals surface area contributed by atoms with Crippen LogP contribution in [0.3, 0.4) is 0 Å². The molecule has 0 aliphatic rings. The zero-order chi connectivity index (χ0) is 19.9. The fourth-order valence-corrected chi connectivity index (χ4v) is 2.81. The molecular formula is C23H25Cl2N3O2. The van der Waals surface area contributed by atoms with Crippen molar-refractivity contribution in [3.8, 4) is 5.75 Å². The van der Waals surface area contributed by atoms with E-state index in [1.807, 2.05) is 42.5 Å². The van der Waals surface area contributed by atoms with E-state index in [0.717, 1.165) is 11.1 Å². The van der Waals surface area contributed by atoms with Gasteiger partial charge in [0.25, 0.3) is 0 Å². The third-order valence-corrected chi connectivity index (χ3v) is 4.45. The van der Waals surface area contributed by atoms with Crippen molar-refractivity contribution in [3.05, 3.63) is 101 Å². The summed E-state index contributed by atoms with van der Waals surface area (Å²) in [6, 6.07) is 22.1. The van der Waals surface area contributed by atoms with Gasteiger partial charge in [0.15, 0.2) is 5.78 Å². The molecule has 3 aromatic carbocycles. The fraction of sp³-hybridized carbons (Fsp3) is 0.130. The summed E-state index contributed by atoms with van der Waals surface area (Å²) in [6.07, 6.45) is 0. The van der Waals surface area contributed by atoms with Crippen LogP contribution in [-0.2, 0) is 13.2 Å². The Balaban J connectivity index is 0.00000225. The number of carbonyl (C=O) groups excluding carboxylic acids is 1. The van der Waals surface area contributed by atoms with E-state index in [1.54, 1.807) is 37.4 Å². The highest BCUT2D eigenvalue weighted by Crippen LogP contribution is 2.25. The summed E-state index contributed by atoms with van der Waals surface area (Å²) in [5.41, 5.74) is 9.31. The molecular weight excluding hydrogens is 421 g/mol. The molecule has 0 aliphatic heterocycles. The normalized spacial score (nSPS) is 9.67. The van der Waals surface area contributed by atoms with Gasteiger partial charge in [0.05, 0.1) is 5.56 Å². The number of carbonyl (C=O) groups is 1. The third-order valence-electron chi connectivity index (χ3n) is 4.45. The van der Waals surface area contributed by atoms with Gasteiger partial charge < -0.3 is 15.8 Å². The predicted molar refractivity (Wildman–Crippen MR) is 125 cm³/mol. The molecule has 158 valence electrons. The van der Waals surface area contributed by atoms with Gasteiger partial charge in [0.2, 0.25) is 0 Å². The maximum absolute atomic E-state index is 13.0. The Morgan fingerprint density at radius 3 is 2.17 bits per heavy atom. The number of rotatable bonds is 7. The SMILES string of the molecule is CNC(=N)c1ccc(OCc2ccc(CN)cc2)c(C(=O)c2ccccc2)c1.Cl.Cl. The van der Waals surface area contributed by atoms with E-state index < -0.39 is 0 Å². The van der Waals surface area contributed by atoms with Crippen molar-refractivity contribution in [1.29, 1.82) is 5.41 Å². The fourth-order valence-electron chi connectivity index (χ4n) is 2.81. The minimum absolute atomic E-state index is 0. The number of nitrogens with two attached hydrogens (primary N) is 1. The first kappa shape index (κ1) is 25.2. The van der Waals surface area contributed by atoms with Crippen LogP contribution in [0.4, 0.5) is 0 Å². The number of ketones is 1. The van der Waals surface area contributed by atoms with Gasteiger partial charge >= 0.3 is 0 Å². The zero-order valence-corrected chi connectivity index (χ0v) is 18.2. The van der Waals surface area contributed by atoms with Crippen LogP contribution in [-0.4, -0.2) is 18.7 Å². The minimum Gasteiger partial charge on any atom is -0.488 e. The Morgan fingerprint density at radius 2 is 1.57 bits per heavy atom. The predicted octanol–water partition coefficient (Wildman–Crippen LogP) is 4.34. The molecule has 3 aromatic rings. The van der Waals surface area contributed by atoms with Crippen molar-refractivity contribution in [2.45, 2.75) is 13.2 Å². The summed E-state index contributed by atoms with van der Waals surface area (Å²) in [7, 11) is 1.68. The van der Waals surface area contributed by atoms with Crippen LogP contribution < -0.4 is 15.8 Å². The summed E-state index contributed by atoms with van der Waals surface area (Å²) in [6.45, 7) is 0.832. The van der Waals surface area contributed by atoms with E-state index in [0.29, 0.717) is 35.6 Å². The van der Waals surface area contributed by atoms with Gasteiger partial charge in [0.1, 0.15) is 18.2 Å². The molecule has 0 fully saturated rings. The molecule has 0 heterocycles. The van der Waals surface area contributed by atoms with E-state index in [4.69, 9.17) is 15.9 Å². The number of nitrogens with one attached hydrogen (secondary N) is 2. The summed E-state index contributed by atoms with van der Waals surface area (Å²) in [4.78, 5) is 13.0. The maximum atomic E-state index is 13.0. The van der Waals surface area contributed by atoms with E-state index in [2.05, 4.69) is 5.32 Å². The molecule has 0 radical (unpaired) electrons. The average Bonchev–Trinajstić information content (AvgIpc) is 2.77. The first-order valence-corrected chi connectivity index (χ1v) is 9.03. The standard InChI is InChI=1S/C23H23N3O2.2ClH/c1-26-23(25)19-11-12-21(28-15-17-9-7-16(14-24)8-10-17)20(13-19)22(27)18-5-3-2-4-6-18;;/h2-13H,14-15,24H2,1H3,(H2,25,26);2*1H. The minimum atomic E-state index is -0.139. The molecule has 0 atom stereocenters. The Hall–Kier alpha value is -2.86. The second kappa shape index (κ2) is 12.0. The molecule has 4 N–H and O–H groups in total. The van der Waals surface area contributed by atoms with E-state index in [1.165, 1.54) is 0 Å². The summed E-state index contributed by atoms with van der Waals surface area (Å²) in [5, 5.41) is 10.8. The van der Waals surface area contributed by atoms with Crippen molar-refractivity contribution in [2.24, 2.45) is 5.73 Å². The summed E-state index contributed by atoms with van der Waals surface area (Å²) < 4.78 is 5.96. The first-order chi connectivity index (χ1) is 13.6. The van der Waals surface area contributed by atoms with Gasteiger partial charge in [-0.1, -0.05) is 54.6 Å². The van der Waals surface area contributed by atoms with Crippen molar-refractivity contribution in [2.75, 3.05) is 7.05 Å². The Labute approximate surface area is 189 Å². The largest absolute Gasteiger partial charge is 0.488 e. The number of halogens is 2. The summed E-state index contributed by atoms with van der Waals surface area (Å²) >= 11 is 0. The Bertz CT molecular complexity index is 977. The number of hydrogen-bond donors (Lipinski definition) is 3. The lowest BCUT2D eigenvalue weighted by atomic mass is 10.00. The van der Waals surface area contributed by atoms with E-state index in [9.17, 15) is 4.79 Å². The highest BCUT2D eigenvalue weighted by molar-refractivity contribution is 6.12. The highest BCUT2D eigenvalue weighted by Gasteiger charge is 2.17. The van der Waals surface area contributed by atoms with Gasteiger partial charge in [-0.3, -0.25) is 10.2 Å². The van der Waals surface area contributed by atoms with Gasteiger partial charge in [-0.05, 0) is 29.3 Å². The van der Waals surface area contributed by atoms with Gasteiger partial charge in [0, 0.05) is 24.7 Å². The van der Waals surface area contributed by atoms with Gasteiger partial charge in [-0.2, -0.15) is 0 Å². The zero-order valence-electron chi connectivity index (χ0n) is 16.6. The quantitative estimate of drug-likeness (QED) is 0.286. The first-order valence-electron chi connectivity index (χ1n) is 9.03. The summed E-state index contributed by atoms with van der Waals surface area (Å²) in [5.74, 6) is 0.593. The molecule has 3 rings (SSSR count). The second-order valence-electron chi connectivity index (χ2n) is 6.34. The molecule has 0 saturated carbocycles. The smallest absolute Gasteiger partial charge is 0.196 e. The molecule has 0 aliphatic carbocycles. The van der Waals surface area contributed by atoms with Gasteiger partial charge in [-0.15, -0.1) is 24.8 Å². The second-order valence-corrected chi connectivity index (χ2v) is 6.34. The monoisotopic (exact) mass is 445 g/mol. The number of ether oxygens (including phenoxy) is 1.